The van der Waals surface area contributed by atoms with Gasteiger partial charge in [-0.25, -0.2) is 0 Å². The number of ether oxygens (including phenoxy) is 1. The summed E-state index contributed by atoms with van der Waals surface area (Å²) in [7, 11) is 1.29. The number of rotatable bonds is 6. The summed E-state index contributed by atoms with van der Waals surface area (Å²) in [5, 5.41) is 22.8. The Labute approximate surface area is 115 Å². The Hall–Kier alpha value is -2.15. The molecule has 0 heterocycles. The number of methoxy groups -OCH3 is 1. The van der Waals surface area contributed by atoms with Gasteiger partial charge >= 0.3 is 5.69 Å². The molecule has 0 unspecified atom stereocenters. The average Bonchev–Trinajstić information content (AvgIpc) is 3.24. The van der Waals surface area contributed by atoms with E-state index in [1.807, 2.05) is 0 Å². The average molecular weight is 280 g/mol. The minimum Gasteiger partial charge on any atom is -0.490 e. The number of carbonyl (C=O) groups is 1. The number of benzene rings is 1. The van der Waals surface area contributed by atoms with Gasteiger partial charge < -0.3 is 15.2 Å². The zero-order valence-electron chi connectivity index (χ0n) is 11.1. The monoisotopic (exact) mass is 280 g/mol. The maximum absolute atomic E-state index is 12.1. The molecule has 20 heavy (non-hydrogen) atoms. The maximum Gasteiger partial charge on any atom is 0.311 e. The Morgan fingerprint density at radius 1 is 1.55 bits per heavy atom. The van der Waals surface area contributed by atoms with Crippen LogP contribution in [-0.4, -0.2) is 36.2 Å². The highest BCUT2D eigenvalue weighted by atomic mass is 16.6. The van der Waals surface area contributed by atoms with Crippen molar-refractivity contribution in [3.8, 4) is 5.75 Å². The molecule has 0 aliphatic heterocycles. The lowest BCUT2D eigenvalue weighted by atomic mass is 10.1. The molecule has 0 radical (unpaired) electrons. The highest BCUT2D eigenvalue weighted by Crippen LogP contribution is 2.44. The second kappa shape index (κ2) is 5.46. The third-order valence-corrected chi connectivity index (χ3v) is 3.56. The number of aliphatic hydroxyl groups is 1. The molecule has 2 N–H and O–H groups in total. The van der Waals surface area contributed by atoms with Crippen LogP contribution in [0.2, 0.25) is 0 Å². The first-order chi connectivity index (χ1) is 9.53. The summed E-state index contributed by atoms with van der Waals surface area (Å²) in [6.45, 7) is 0.382. The molecule has 1 aromatic rings. The van der Waals surface area contributed by atoms with Gasteiger partial charge in [-0.1, -0.05) is 6.07 Å². The van der Waals surface area contributed by atoms with Crippen LogP contribution < -0.4 is 10.1 Å². The second-order valence-corrected chi connectivity index (χ2v) is 4.96. The number of nitrogens with zero attached hydrogens (tertiary/aromatic N) is 1. The largest absolute Gasteiger partial charge is 0.490 e. The summed E-state index contributed by atoms with van der Waals surface area (Å²) < 4.78 is 4.98. The van der Waals surface area contributed by atoms with E-state index in [0.717, 1.165) is 12.8 Å². The van der Waals surface area contributed by atoms with Crippen LogP contribution in [0.25, 0.3) is 0 Å². The lowest BCUT2D eigenvalue weighted by molar-refractivity contribution is -0.385. The van der Waals surface area contributed by atoms with Crippen LogP contribution >= 0.6 is 0 Å². The fraction of sp³-hybridized carbons (Fsp3) is 0.462. The number of nitro benzene ring substituents is 1. The number of carbonyl (C=O) groups excluding carboxylic acids is 1. The fourth-order valence-electron chi connectivity index (χ4n) is 1.99. The molecule has 1 saturated carbocycles. The maximum atomic E-state index is 12.1. The van der Waals surface area contributed by atoms with E-state index in [-0.39, 0.29) is 29.0 Å². The van der Waals surface area contributed by atoms with Crippen molar-refractivity contribution >= 4 is 11.6 Å². The van der Waals surface area contributed by atoms with Gasteiger partial charge in [-0.3, -0.25) is 14.9 Å². The van der Waals surface area contributed by atoms with Gasteiger partial charge in [0.2, 0.25) is 5.75 Å². The molecule has 0 atom stereocenters. The van der Waals surface area contributed by atoms with E-state index < -0.39 is 10.8 Å². The van der Waals surface area contributed by atoms with Crippen LogP contribution in [0.5, 0.6) is 5.75 Å². The predicted octanol–water partition coefficient (Wildman–Crippen LogP) is 1.11. The molecule has 0 saturated heterocycles. The van der Waals surface area contributed by atoms with Gasteiger partial charge in [0.05, 0.1) is 24.2 Å². The zero-order valence-corrected chi connectivity index (χ0v) is 11.1. The molecular weight excluding hydrogens is 264 g/mol. The predicted molar refractivity (Wildman–Crippen MR) is 70.7 cm³/mol. The third kappa shape index (κ3) is 2.72. The fourth-order valence-corrected chi connectivity index (χ4v) is 1.99. The first kappa shape index (κ1) is 14.3. The topological polar surface area (TPSA) is 102 Å². The lowest BCUT2D eigenvalue weighted by Crippen LogP contribution is -2.32. The van der Waals surface area contributed by atoms with E-state index in [4.69, 9.17) is 4.74 Å². The van der Waals surface area contributed by atoms with Crippen LogP contribution in [-0.2, 0) is 0 Å². The molecule has 0 spiro atoms. The molecule has 108 valence electrons. The van der Waals surface area contributed by atoms with E-state index in [2.05, 4.69) is 5.32 Å². The van der Waals surface area contributed by atoms with Gasteiger partial charge in [-0.2, -0.15) is 0 Å². The SMILES string of the molecule is COc1c(C(=O)NCC2(CO)CC2)cccc1[N+](=O)[O-]. The lowest BCUT2D eigenvalue weighted by Gasteiger charge is -2.14. The number of amides is 1. The molecule has 1 aromatic carbocycles. The number of para-hydroxylation sites is 1. The normalized spacial score (nSPS) is 15.5. The highest BCUT2D eigenvalue weighted by Gasteiger charge is 2.42. The summed E-state index contributed by atoms with van der Waals surface area (Å²) in [6.07, 6.45) is 1.74. The Balaban J connectivity index is 2.17. The Bertz CT molecular complexity index is 540. The second-order valence-electron chi connectivity index (χ2n) is 4.96. The third-order valence-electron chi connectivity index (χ3n) is 3.56. The quantitative estimate of drug-likeness (QED) is 0.600. The summed E-state index contributed by atoms with van der Waals surface area (Å²) in [4.78, 5) is 22.4. The van der Waals surface area contributed by atoms with Crippen LogP contribution in [0.3, 0.4) is 0 Å². The molecule has 2 rings (SSSR count). The number of aliphatic hydroxyl groups excluding tert-OH is 1. The molecule has 1 amide bonds. The molecule has 7 nitrogen and oxygen atoms in total. The number of hydrogen-bond donors (Lipinski definition) is 2. The van der Waals surface area contributed by atoms with Crippen molar-refractivity contribution < 1.29 is 19.6 Å². The summed E-state index contributed by atoms with van der Waals surface area (Å²) >= 11 is 0. The van der Waals surface area contributed by atoms with Crippen molar-refractivity contribution in [2.45, 2.75) is 12.8 Å². The van der Waals surface area contributed by atoms with Gasteiger partial charge in [0.1, 0.15) is 0 Å². The van der Waals surface area contributed by atoms with Gasteiger partial charge in [0.25, 0.3) is 5.91 Å². The summed E-state index contributed by atoms with van der Waals surface area (Å²) in [5.41, 5.74) is -0.345. The Kier molecular flexibility index (Phi) is 3.89. The van der Waals surface area contributed by atoms with Crippen LogP contribution in [0.15, 0.2) is 18.2 Å². The standard InChI is InChI=1S/C13H16N2O5/c1-20-11-9(3-2-4-10(11)15(18)19)12(17)14-7-13(8-16)5-6-13/h2-4,16H,5-8H2,1H3,(H,14,17). The van der Waals surface area contributed by atoms with Gasteiger partial charge in [-0.05, 0) is 18.9 Å². The zero-order chi connectivity index (χ0) is 14.8. The molecule has 1 fully saturated rings. The van der Waals surface area contributed by atoms with E-state index in [9.17, 15) is 20.0 Å². The van der Waals surface area contributed by atoms with Crippen LogP contribution in [0.1, 0.15) is 23.2 Å². The Morgan fingerprint density at radius 2 is 2.25 bits per heavy atom. The van der Waals surface area contributed by atoms with Crippen molar-refractivity contribution in [2.75, 3.05) is 20.3 Å². The summed E-state index contributed by atoms with van der Waals surface area (Å²) in [5.74, 6) is -0.492. The molecule has 0 bridgehead atoms. The number of nitro groups is 1. The first-order valence-corrected chi connectivity index (χ1v) is 6.23. The molecule has 1 aliphatic carbocycles. The summed E-state index contributed by atoms with van der Waals surface area (Å²) in [6, 6.07) is 4.19. The van der Waals surface area contributed by atoms with E-state index in [0.29, 0.717) is 6.54 Å². The van der Waals surface area contributed by atoms with Crippen LogP contribution in [0, 0.1) is 15.5 Å². The smallest absolute Gasteiger partial charge is 0.311 e. The number of hydrogen-bond acceptors (Lipinski definition) is 5. The van der Waals surface area contributed by atoms with Crippen molar-refractivity contribution in [3.63, 3.8) is 0 Å². The van der Waals surface area contributed by atoms with E-state index in [1.165, 1.54) is 25.3 Å². The number of nitrogens with one attached hydrogen (secondary N) is 1. The van der Waals surface area contributed by atoms with E-state index in [1.54, 1.807) is 0 Å². The van der Waals surface area contributed by atoms with Crippen molar-refractivity contribution in [1.82, 2.24) is 5.32 Å². The van der Waals surface area contributed by atoms with Crippen LogP contribution in [0.4, 0.5) is 5.69 Å². The van der Waals surface area contributed by atoms with Gasteiger partial charge in [-0.15, -0.1) is 0 Å². The molecule has 0 aromatic heterocycles. The van der Waals surface area contributed by atoms with Crippen molar-refractivity contribution in [2.24, 2.45) is 5.41 Å². The highest BCUT2D eigenvalue weighted by molar-refractivity contribution is 5.98. The first-order valence-electron chi connectivity index (χ1n) is 6.23. The minimum atomic E-state index is -0.592. The minimum absolute atomic E-state index is 0.0271. The van der Waals surface area contributed by atoms with Crippen molar-refractivity contribution in [3.05, 3.63) is 33.9 Å². The van der Waals surface area contributed by atoms with Crippen molar-refractivity contribution in [1.29, 1.82) is 0 Å². The van der Waals surface area contributed by atoms with E-state index >= 15 is 0 Å². The molecular formula is C13H16N2O5. The van der Waals surface area contributed by atoms with Gasteiger partial charge in [0, 0.05) is 18.0 Å². The molecule has 7 heteroatoms. The molecule has 1 aliphatic rings. The van der Waals surface area contributed by atoms with Gasteiger partial charge in [0.15, 0.2) is 0 Å². The Morgan fingerprint density at radius 3 is 2.75 bits per heavy atom.